The zero-order valence-electron chi connectivity index (χ0n) is 30.2. The second-order valence-corrected chi connectivity index (χ2v) is 15.2. The van der Waals surface area contributed by atoms with Gasteiger partial charge in [-0.3, -0.25) is 4.98 Å². The molecule has 3 nitrogen and oxygen atoms in total. The van der Waals surface area contributed by atoms with Crippen LogP contribution >= 0.6 is 0 Å². The Morgan fingerprint density at radius 1 is 0.321 bits per heavy atom. The van der Waals surface area contributed by atoms with E-state index in [-0.39, 0.29) is 0 Å². The van der Waals surface area contributed by atoms with E-state index in [4.69, 9.17) is 0 Å². The van der Waals surface area contributed by atoms with Crippen LogP contribution in [0.25, 0.3) is 120 Å². The first-order valence-electron chi connectivity index (χ1n) is 19.3. The quantitative estimate of drug-likeness (QED) is 0.167. The first-order valence-corrected chi connectivity index (χ1v) is 19.3. The lowest BCUT2D eigenvalue weighted by Crippen LogP contribution is -1.96. The third-order valence-corrected chi connectivity index (χ3v) is 12.2. The van der Waals surface area contributed by atoms with E-state index >= 15 is 0 Å². The zero-order chi connectivity index (χ0) is 36.5. The van der Waals surface area contributed by atoms with Gasteiger partial charge in [0.1, 0.15) is 0 Å². The van der Waals surface area contributed by atoms with Crippen LogP contribution in [0.5, 0.6) is 0 Å². The number of hydrogen-bond acceptors (Lipinski definition) is 1. The number of nitrogens with zero attached hydrogens (tertiary/aromatic N) is 3. The number of pyridine rings is 1. The molecule has 13 rings (SSSR count). The lowest BCUT2D eigenvalue weighted by molar-refractivity contribution is 1.18. The first kappa shape index (κ1) is 29.9. The monoisotopic (exact) mass is 709 g/mol. The molecule has 3 heterocycles. The van der Waals surface area contributed by atoms with Gasteiger partial charge in [-0.25, -0.2) is 0 Å². The summed E-state index contributed by atoms with van der Waals surface area (Å²) >= 11 is 0. The highest BCUT2D eigenvalue weighted by Crippen LogP contribution is 2.44. The normalized spacial score (nSPS) is 12.3. The highest BCUT2D eigenvalue weighted by molar-refractivity contribution is 6.26. The Kier molecular flexibility index (Phi) is 5.89. The molecule has 13 aromatic rings. The Morgan fingerprint density at radius 3 is 1.52 bits per heavy atom. The number of aromatic nitrogens is 3. The van der Waals surface area contributed by atoms with Crippen LogP contribution in [0, 0.1) is 0 Å². The summed E-state index contributed by atoms with van der Waals surface area (Å²) in [5, 5.41) is 15.2. The van der Waals surface area contributed by atoms with Crippen molar-refractivity contribution >= 4 is 86.7 Å². The number of rotatable bonds is 4. The Balaban J connectivity index is 1.02. The molecular formula is C53H31N3. The fraction of sp³-hybridized carbons (Fsp3) is 0. The molecule has 0 aliphatic carbocycles. The van der Waals surface area contributed by atoms with Gasteiger partial charge in [-0.2, -0.15) is 0 Å². The third kappa shape index (κ3) is 4.09. The SMILES string of the molecule is c1cncc(-c2cc3ccc4cccc5c4c3c(c2)n5-c2ccc3cc(-n4c5cccc6ccc7cc(-c8cccc9ccccc89)cc4c7c65)ccc3c2)c1. The molecule has 258 valence electrons. The van der Waals surface area contributed by atoms with Crippen molar-refractivity contribution in [3.63, 3.8) is 0 Å². The van der Waals surface area contributed by atoms with Crippen molar-refractivity contribution in [2.45, 2.75) is 0 Å². The van der Waals surface area contributed by atoms with Gasteiger partial charge in [0.25, 0.3) is 0 Å². The molecular weight excluding hydrogens is 679 g/mol. The Bertz CT molecular complexity index is 3690. The molecule has 56 heavy (non-hydrogen) atoms. The molecule has 0 spiro atoms. The summed E-state index contributed by atoms with van der Waals surface area (Å²) in [6.07, 6.45) is 3.79. The molecule has 0 atom stereocenters. The molecule has 0 amide bonds. The Morgan fingerprint density at radius 2 is 0.857 bits per heavy atom. The molecule has 0 bridgehead atoms. The summed E-state index contributed by atoms with van der Waals surface area (Å²) in [4.78, 5) is 4.44. The fourth-order valence-corrected chi connectivity index (χ4v) is 9.77. The highest BCUT2D eigenvalue weighted by atomic mass is 15.0. The smallest absolute Gasteiger partial charge is 0.0553 e. The van der Waals surface area contributed by atoms with Crippen molar-refractivity contribution in [1.29, 1.82) is 0 Å². The largest absolute Gasteiger partial charge is 0.309 e. The van der Waals surface area contributed by atoms with E-state index in [2.05, 4.69) is 184 Å². The molecule has 0 N–H and O–H groups in total. The molecule has 3 heteroatoms. The predicted octanol–water partition coefficient (Wildman–Crippen LogP) is 14.1. The summed E-state index contributed by atoms with van der Waals surface area (Å²) in [5.74, 6) is 0. The van der Waals surface area contributed by atoms with Gasteiger partial charge in [-0.1, -0.05) is 109 Å². The van der Waals surface area contributed by atoms with E-state index in [1.807, 2.05) is 18.5 Å². The molecule has 0 aliphatic heterocycles. The van der Waals surface area contributed by atoms with Crippen LogP contribution in [0.1, 0.15) is 0 Å². The van der Waals surface area contributed by atoms with Gasteiger partial charge in [-0.15, -0.1) is 0 Å². The van der Waals surface area contributed by atoms with Crippen molar-refractivity contribution in [3.8, 4) is 33.6 Å². The van der Waals surface area contributed by atoms with Crippen LogP contribution in [0.15, 0.2) is 188 Å². The molecule has 0 saturated carbocycles. The maximum absolute atomic E-state index is 4.44. The molecule has 10 aromatic carbocycles. The first-order chi connectivity index (χ1) is 27.7. The maximum Gasteiger partial charge on any atom is 0.0553 e. The van der Waals surface area contributed by atoms with Gasteiger partial charge in [0.15, 0.2) is 0 Å². The van der Waals surface area contributed by atoms with Crippen LogP contribution in [-0.4, -0.2) is 14.1 Å². The summed E-state index contributed by atoms with van der Waals surface area (Å²) in [7, 11) is 0. The van der Waals surface area contributed by atoms with E-state index in [0.717, 1.165) is 16.9 Å². The average molecular weight is 710 g/mol. The number of fused-ring (bicyclic) bond motifs is 2. The van der Waals surface area contributed by atoms with Gasteiger partial charge in [-0.05, 0) is 127 Å². The zero-order valence-corrected chi connectivity index (χ0v) is 30.2. The van der Waals surface area contributed by atoms with Crippen molar-refractivity contribution in [1.82, 2.24) is 14.1 Å². The third-order valence-electron chi connectivity index (χ3n) is 12.2. The molecule has 3 aromatic heterocycles. The minimum atomic E-state index is 1.12. The van der Waals surface area contributed by atoms with Crippen LogP contribution < -0.4 is 0 Å². The van der Waals surface area contributed by atoms with Crippen molar-refractivity contribution in [2.75, 3.05) is 0 Å². The van der Waals surface area contributed by atoms with E-state index < -0.39 is 0 Å². The van der Waals surface area contributed by atoms with Crippen LogP contribution in [0.4, 0.5) is 0 Å². The van der Waals surface area contributed by atoms with Gasteiger partial charge in [0.2, 0.25) is 0 Å². The van der Waals surface area contributed by atoms with E-state index in [1.54, 1.807) is 0 Å². The van der Waals surface area contributed by atoms with Gasteiger partial charge < -0.3 is 9.13 Å². The lowest BCUT2D eigenvalue weighted by atomic mass is 9.94. The molecule has 0 unspecified atom stereocenters. The van der Waals surface area contributed by atoms with Crippen molar-refractivity contribution in [3.05, 3.63) is 188 Å². The summed E-state index contributed by atoms with van der Waals surface area (Å²) in [6.45, 7) is 0. The fourth-order valence-electron chi connectivity index (χ4n) is 9.77. The predicted molar refractivity (Wildman–Crippen MR) is 236 cm³/mol. The standard InChI is InChI=1S/C53H31N3/c1-2-12-44-32(7-1)8-3-13-45(44)41-26-38-19-17-34-10-5-15-47-51(34)53(38)49(30-41)56(47)43-23-21-35-27-42(22-20-36(35)28-43)55-46-14-4-9-33-16-18-37-25-40(39-11-6-24-54-31-39)29-48(55)52(37)50(33)46/h1-31H. The van der Waals surface area contributed by atoms with E-state index in [0.29, 0.717) is 0 Å². The van der Waals surface area contributed by atoms with Crippen LogP contribution in [0.3, 0.4) is 0 Å². The van der Waals surface area contributed by atoms with Crippen LogP contribution in [0.2, 0.25) is 0 Å². The number of hydrogen-bond donors (Lipinski definition) is 0. The Labute approximate surface area is 321 Å². The minimum Gasteiger partial charge on any atom is -0.309 e. The summed E-state index contributed by atoms with van der Waals surface area (Å²) < 4.78 is 4.93. The van der Waals surface area contributed by atoms with Gasteiger partial charge in [0, 0.05) is 50.9 Å². The van der Waals surface area contributed by atoms with Crippen molar-refractivity contribution in [2.24, 2.45) is 0 Å². The maximum atomic E-state index is 4.44. The number of benzene rings is 10. The van der Waals surface area contributed by atoms with Gasteiger partial charge in [0.05, 0.1) is 22.1 Å². The lowest BCUT2D eigenvalue weighted by Gasteiger charge is -2.13. The molecule has 0 aliphatic rings. The Hall–Kier alpha value is -7.49. The summed E-state index contributed by atoms with van der Waals surface area (Å²) in [6, 6.07) is 65.3. The average Bonchev–Trinajstić information content (AvgIpc) is 3.78. The molecule has 0 radical (unpaired) electrons. The molecule has 0 fully saturated rings. The van der Waals surface area contributed by atoms with E-state index in [1.165, 1.54) is 103 Å². The van der Waals surface area contributed by atoms with E-state index in [9.17, 15) is 0 Å². The second-order valence-electron chi connectivity index (χ2n) is 15.2. The minimum absolute atomic E-state index is 1.12. The highest BCUT2D eigenvalue weighted by Gasteiger charge is 2.21. The van der Waals surface area contributed by atoms with Crippen LogP contribution in [-0.2, 0) is 0 Å². The summed E-state index contributed by atoms with van der Waals surface area (Å²) in [5.41, 5.74) is 12.0. The molecule has 0 saturated heterocycles. The topological polar surface area (TPSA) is 22.8 Å². The van der Waals surface area contributed by atoms with Gasteiger partial charge >= 0.3 is 0 Å². The van der Waals surface area contributed by atoms with Crippen molar-refractivity contribution < 1.29 is 0 Å². The second kappa shape index (κ2) is 11.0.